The van der Waals surface area contributed by atoms with Crippen LogP contribution in [-0.4, -0.2) is 71.5 Å². The average Bonchev–Trinajstić information content (AvgIpc) is 3.37. The number of alkyl halides is 3. The largest absolute Gasteiger partial charge is 0.493 e. The molecule has 2 aromatic heterocycles. The molecule has 1 unspecified atom stereocenters. The number of aromatic amines is 1. The van der Waals surface area contributed by atoms with Crippen molar-refractivity contribution in [3.05, 3.63) is 41.9 Å². The van der Waals surface area contributed by atoms with Gasteiger partial charge in [-0.25, -0.2) is 4.98 Å². The third-order valence-corrected chi connectivity index (χ3v) is 5.63. The lowest BCUT2D eigenvalue weighted by Crippen LogP contribution is -2.44. The fourth-order valence-corrected chi connectivity index (χ4v) is 3.90. The Kier molecular flexibility index (Phi) is 7.17. The molecular formula is C23H24F3N5O5. The number of hydrogen-bond donors (Lipinski definition) is 1. The normalized spacial score (nSPS) is 15.9. The van der Waals surface area contributed by atoms with Crippen LogP contribution in [0.2, 0.25) is 0 Å². The van der Waals surface area contributed by atoms with E-state index in [0.717, 1.165) is 12.3 Å². The van der Waals surface area contributed by atoms with Crippen molar-refractivity contribution in [2.45, 2.75) is 25.1 Å². The van der Waals surface area contributed by atoms with Gasteiger partial charge in [-0.1, -0.05) is 0 Å². The second kappa shape index (κ2) is 10.3. The van der Waals surface area contributed by atoms with Gasteiger partial charge in [-0.15, -0.1) is 0 Å². The molecule has 36 heavy (non-hydrogen) atoms. The monoisotopic (exact) mass is 507 g/mol. The third-order valence-electron chi connectivity index (χ3n) is 5.63. The van der Waals surface area contributed by atoms with E-state index >= 15 is 0 Å². The standard InChI is InChI=1S/C23H24F3N5O5/c1-33-17-9-13(10-18(34-2)20(17)35-3)15-11-16(30-29-15)21(32)31-8-4-5-14(12-31)36-22-27-7-6-19(28-22)23(24,25)26/h6-7,9-11,14H,4-5,8,12H2,1-3H3,(H,29,30). The number of benzene rings is 1. The van der Waals surface area contributed by atoms with Crippen LogP contribution in [0.4, 0.5) is 13.2 Å². The van der Waals surface area contributed by atoms with Gasteiger partial charge in [-0.05, 0) is 37.1 Å². The molecule has 10 nitrogen and oxygen atoms in total. The molecule has 0 aliphatic carbocycles. The van der Waals surface area contributed by atoms with Crippen LogP contribution in [-0.2, 0) is 6.18 Å². The van der Waals surface area contributed by atoms with Crippen LogP contribution in [0.3, 0.4) is 0 Å². The number of nitrogens with zero attached hydrogens (tertiary/aromatic N) is 4. The first-order chi connectivity index (χ1) is 17.2. The molecule has 1 amide bonds. The molecule has 0 spiro atoms. The van der Waals surface area contributed by atoms with Crippen LogP contribution < -0.4 is 18.9 Å². The molecule has 192 valence electrons. The molecule has 13 heteroatoms. The van der Waals surface area contributed by atoms with Gasteiger partial charge in [0.05, 0.1) is 33.6 Å². The van der Waals surface area contributed by atoms with E-state index in [1.807, 2.05) is 0 Å². The summed E-state index contributed by atoms with van der Waals surface area (Å²) in [7, 11) is 4.50. The summed E-state index contributed by atoms with van der Waals surface area (Å²) in [5, 5.41) is 6.99. The Bertz CT molecular complexity index is 1210. The van der Waals surface area contributed by atoms with E-state index in [-0.39, 0.29) is 24.2 Å². The number of halogens is 3. The average molecular weight is 507 g/mol. The Morgan fingerprint density at radius 1 is 1.11 bits per heavy atom. The Balaban J connectivity index is 1.48. The van der Waals surface area contributed by atoms with Crippen LogP contribution in [0.25, 0.3) is 11.3 Å². The highest BCUT2D eigenvalue weighted by Crippen LogP contribution is 2.41. The number of ether oxygens (including phenoxy) is 4. The second-order valence-corrected chi connectivity index (χ2v) is 7.94. The van der Waals surface area contributed by atoms with Gasteiger partial charge in [-0.2, -0.15) is 23.3 Å². The molecule has 1 atom stereocenters. The van der Waals surface area contributed by atoms with E-state index in [9.17, 15) is 18.0 Å². The molecular weight excluding hydrogens is 483 g/mol. The lowest BCUT2D eigenvalue weighted by atomic mass is 10.1. The molecule has 4 rings (SSSR count). The summed E-state index contributed by atoms with van der Waals surface area (Å²) in [5.41, 5.74) is 0.281. The maximum Gasteiger partial charge on any atom is 0.433 e. The zero-order valence-corrected chi connectivity index (χ0v) is 19.8. The SMILES string of the molecule is COc1cc(-c2cc(C(=O)N3CCCC(Oc4nccc(C(F)(F)F)n4)C3)[nH]n2)cc(OC)c1OC. The number of likely N-dealkylation sites (tertiary alicyclic amines) is 1. The van der Waals surface area contributed by atoms with Crippen molar-refractivity contribution in [1.29, 1.82) is 0 Å². The maximum atomic E-state index is 13.1. The second-order valence-electron chi connectivity index (χ2n) is 7.94. The quantitative estimate of drug-likeness (QED) is 0.517. The Morgan fingerprint density at radius 2 is 1.83 bits per heavy atom. The minimum Gasteiger partial charge on any atom is -0.493 e. The summed E-state index contributed by atoms with van der Waals surface area (Å²) < 4.78 is 60.4. The van der Waals surface area contributed by atoms with Gasteiger partial charge in [0.25, 0.3) is 5.91 Å². The summed E-state index contributed by atoms with van der Waals surface area (Å²) in [6.07, 6.45) is -3.02. The van der Waals surface area contributed by atoms with Gasteiger partial charge < -0.3 is 23.8 Å². The minimum absolute atomic E-state index is 0.164. The first kappa shape index (κ1) is 25.1. The Morgan fingerprint density at radius 3 is 2.47 bits per heavy atom. The van der Waals surface area contributed by atoms with Crippen molar-refractivity contribution < 1.29 is 36.9 Å². The summed E-state index contributed by atoms with van der Waals surface area (Å²) in [6, 6.07) is 5.42. The van der Waals surface area contributed by atoms with Crippen molar-refractivity contribution >= 4 is 5.91 Å². The number of methoxy groups -OCH3 is 3. The smallest absolute Gasteiger partial charge is 0.433 e. The van der Waals surface area contributed by atoms with Gasteiger partial charge in [-0.3, -0.25) is 9.89 Å². The fourth-order valence-electron chi connectivity index (χ4n) is 3.90. The van der Waals surface area contributed by atoms with Gasteiger partial charge >= 0.3 is 12.2 Å². The van der Waals surface area contributed by atoms with Crippen LogP contribution in [0.1, 0.15) is 29.0 Å². The predicted octanol–water partition coefficient (Wildman–Crippen LogP) is 3.59. The van der Waals surface area contributed by atoms with Gasteiger partial charge in [0.2, 0.25) is 5.75 Å². The van der Waals surface area contributed by atoms with E-state index in [2.05, 4.69) is 20.2 Å². The van der Waals surface area contributed by atoms with Gasteiger partial charge in [0.1, 0.15) is 11.8 Å². The minimum atomic E-state index is -4.61. The summed E-state index contributed by atoms with van der Waals surface area (Å²) in [6.45, 7) is 0.623. The van der Waals surface area contributed by atoms with E-state index < -0.39 is 18.0 Å². The van der Waals surface area contributed by atoms with Crippen LogP contribution in [0.5, 0.6) is 23.3 Å². The van der Waals surface area contributed by atoms with E-state index in [0.29, 0.717) is 47.9 Å². The number of carbonyl (C=O) groups is 1. The van der Waals surface area contributed by atoms with Gasteiger partial charge in [0.15, 0.2) is 17.2 Å². The lowest BCUT2D eigenvalue weighted by molar-refractivity contribution is -0.141. The third kappa shape index (κ3) is 5.29. The zero-order chi connectivity index (χ0) is 25.9. The molecule has 0 bridgehead atoms. The molecule has 3 heterocycles. The highest BCUT2D eigenvalue weighted by molar-refractivity contribution is 5.93. The first-order valence-electron chi connectivity index (χ1n) is 11.0. The number of aromatic nitrogens is 4. The molecule has 0 radical (unpaired) electrons. The molecule has 1 aliphatic rings. The van der Waals surface area contributed by atoms with Crippen LogP contribution >= 0.6 is 0 Å². The maximum absolute atomic E-state index is 13.1. The zero-order valence-electron chi connectivity index (χ0n) is 19.8. The number of hydrogen-bond acceptors (Lipinski definition) is 8. The molecule has 3 aromatic rings. The lowest BCUT2D eigenvalue weighted by Gasteiger charge is -2.32. The van der Waals surface area contributed by atoms with Crippen molar-refractivity contribution in [3.8, 4) is 34.5 Å². The van der Waals surface area contributed by atoms with Crippen molar-refractivity contribution in [3.63, 3.8) is 0 Å². The molecule has 1 aliphatic heterocycles. The van der Waals surface area contributed by atoms with Crippen molar-refractivity contribution in [2.24, 2.45) is 0 Å². The number of piperidine rings is 1. The highest BCUT2D eigenvalue weighted by Gasteiger charge is 2.34. The molecule has 1 aromatic carbocycles. The summed E-state index contributed by atoms with van der Waals surface area (Å²) in [4.78, 5) is 21.9. The van der Waals surface area contributed by atoms with Crippen LogP contribution in [0, 0.1) is 0 Å². The Hall–Kier alpha value is -4.03. The van der Waals surface area contributed by atoms with Crippen molar-refractivity contribution in [1.82, 2.24) is 25.1 Å². The number of rotatable bonds is 7. The predicted molar refractivity (Wildman–Crippen MR) is 120 cm³/mol. The number of H-pyrrole nitrogens is 1. The first-order valence-corrected chi connectivity index (χ1v) is 11.0. The Labute approximate surface area is 204 Å². The number of amides is 1. The number of carbonyl (C=O) groups excluding carboxylic acids is 1. The number of nitrogens with one attached hydrogen (secondary N) is 1. The van der Waals surface area contributed by atoms with E-state index in [1.165, 1.54) is 21.3 Å². The van der Waals surface area contributed by atoms with Crippen LogP contribution in [0.15, 0.2) is 30.5 Å². The molecule has 0 saturated carbocycles. The highest BCUT2D eigenvalue weighted by atomic mass is 19.4. The molecule has 1 N–H and O–H groups in total. The molecule has 1 saturated heterocycles. The topological polar surface area (TPSA) is 112 Å². The fraction of sp³-hybridized carbons (Fsp3) is 0.391. The summed E-state index contributed by atoms with van der Waals surface area (Å²) >= 11 is 0. The molecule has 1 fully saturated rings. The van der Waals surface area contributed by atoms with Gasteiger partial charge in [0, 0.05) is 18.3 Å². The van der Waals surface area contributed by atoms with E-state index in [4.69, 9.17) is 18.9 Å². The van der Waals surface area contributed by atoms with E-state index in [1.54, 1.807) is 23.1 Å². The summed E-state index contributed by atoms with van der Waals surface area (Å²) in [5.74, 6) is 0.991. The van der Waals surface area contributed by atoms with Crippen molar-refractivity contribution in [2.75, 3.05) is 34.4 Å².